The van der Waals surface area contributed by atoms with Gasteiger partial charge in [-0.2, -0.15) is 0 Å². The molecule has 0 aliphatic rings. The van der Waals surface area contributed by atoms with Gasteiger partial charge in [0.05, 0.1) is 4.70 Å². The largest absolute Gasteiger partial charge is 0.142 e. The summed E-state index contributed by atoms with van der Waals surface area (Å²) in [5.74, 6) is 0.883. The van der Waals surface area contributed by atoms with Crippen LogP contribution in [0.1, 0.15) is 95.8 Å². The second-order valence-corrected chi connectivity index (χ2v) is 11.5. The van der Waals surface area contributed by atoms with Gasteiger partial charge in [-0.25, -0.2) is 0 Å². The SMILES string of the molecule is CCCCCCCCC(CCCCCC)Cc1ccc(-c2csc3ccsc23)s1. The van der Waals surface area contributed by atoms with Crippen LogP contribution in [0.5, 0.6) is 0 Å². The van der Waals surface area contributed by atoms with Gasteiger partial charge in [-0.3, -0.25) is 0 Å². The molecule has 0 bridgehead atoms. The lowest BCUT2D eigenvalue weighted by molar-refractivity contribution is 0.404. The van der Waals surface area contributed by atoms with E-state index in [1.54, 1.807) is 4.88 Å². The zero-order valence-electron chi connectivity index (χ0n) is 18.4. The highest BCUT2D eigenvalue weighted by Crippen LogP contribution is 2.41. The Bertz CT molecular complexity index is 807. The van der Waals surface area contributed by atoms with Crippen LogP contribution in [0.15, 0.2) is 29.0 Å². The zero-order valence-corrected chi connectivity index (χ0v) is 20.8. The molecule has 0 radical (unpaired) electrons. The first kappa shape index (κ1) is 23.0. The maximum atomic E-state index is 2.41. The highest BCUT2D eigenvalue weighted by Gasteiger charge is 2.14. The van der Waals surface area contributed by atoms with Gasteiger partial charge >= 0.3 is 0 Å². The zero-order chi connectivity index (χ0) is 20.3. The third-order valence-electron chi connectivity index (χ3n) is 6.03. The van der Waals surface area contributed by atoms with E-state index < -0.39 is 0 Å². The third-order valence-corrected chi connectivity index (χ3v) is 9.19. The van der Waals surface area contributed by atoms with Crippen molar-refractivity contribution in [1.29, 1.82) is 0 Å². The van der Waals surface area contributed by atoms with Crippen molar-refractivity contribution in [2.75, 3.05) is 0 Å². The summed E-state index contributed by atoms with van der Waals surface area (Å²) in [5, 5.41) is 4.58. The summed E-state index contributed by atoms with van der Waals surface area (Å²) in [4.78, 5) is 3.07. The smallest absolute Gasteiger partial charge is 0.0537 e. The molecule has 29 heavy (non-hydrogen) atoms. The number of fused-ring (bicyclic) bond motifs is 1. The Labute approximate surface area is 190 Å². The van der Waals surface area contributed by atoms with Crippen molar-refractivity contribution in [1.82, 2.24) is 0 Å². The first-order chi connectivity index (χ1) is 14.3. The Balaban J connectivity index is 1.54. The van der Waals surface area contributed by atoms with Crippen molar-refractivity contribution in [2.24, 2.45) is 5.92 Å². The van der Waals surface area contributed by atoms with Gasteiger partial charge in [-0.05, 0) is 35.9 Å². The summed E-state index contributed by atoms with van der Waals surface area (Å²) < 4.78 is 2.92. The minimum atomic E-state index is 0.883. The van der Waals surface area contributed by atoms with Crippen molar-refractivity contribution in [2.45, 2.75) is 97.3 Å². The number of thiophene rings is 3. The molecule has 3 heteroatoms. The Morgan fingerprint density at radius 2 is 1.45 bits per heavy atom. The number of rotatable bonds is 15. The molecule has 0 aromatic carbocycles. The van der Waals surface area contributed by atoms with Crippen molar-refractivity contribution in [3.63, 3.8) is 0 Å². The lowest BCUT2D eigenvalue weighted by atomic mass is 9.91. The Morgan fingerprint density at radius 1 is 0.759 bits per heavy atom. The lowest BCUT2D eigenvalue weighted by Crippen LogP contribution is -2.04. The highest BCUT2D eigenvalue weighted by molar-refractivity contribution is 7.27. The van der Waals surface area contributed by atoms with Crippen molar-refractivity contribution < 1.29 is 0 Å². The number of hydrogen-bond acceptors (Lipinski definition) is 3. The molecule has 0 saturated heterocycles. The molecule has 3 heterocycles. The molecule has 0 aliphatic heterocycles. The van der Waals surface area contributed by atoms with E-state index in [0.717, 1.165) is 5.92 Å². The monoisotopic (exact) mass is 446 g/mol. The standard InChI is InChI=1S/C26H38S3/c1-3-5-7-9-10-12-14-21(13-11-8-6-4-2)19-22-15-16-24(29-22)23-20-28-25-17-18-27-26(23)25/h15-18,20-21H,3-14,19H2,1-2H3. The van der Waals surface area contributed by atoms with Crippen LogP contribution in [0.2, 0.25) is 0 Å². The van der Waals surface area contributed by atoms with Crippen LogP contribution in [0.3, 0.4) is 0 Å². The van der Waals surface area contributed by atoms with Gasteiger partial charge in [0.1, 0.15) is 0 Å². The molecule has 1 atom stereocenters. The fourth-order valence-electron chi connectivity index (χ4n) is 4.27. The first-order valence-electron chi connectivity index (χ1n) is 11.9. The van der Waals surface area contributed by atoms with Crippen molar-refractivity contribution in [3.05, 3.63) is 33.8 Å². The van der Waals surface area contributed by atoms with Crippen LogP contribution in [-0.4, -0.2) is 0 Å². The summed E-state index contributed by atoms with van der Waals surface area (Å²) in [6, 6.07) is 7.05. The molecule has 0 N–H and O–H groups in total. The van der Waals surface area contributed by atoms with Crippen LogP contribution >= 0.6 is 34.0 Å². The van der Waals surface area contributed by atoms with Gasteiger partial charge in [-0.1, -0.05) is 90.9 Å². The Hall–Kier alpha value is -0.640. The molecule has 0 nitrogen and oxygen atoms in total. The van der Waals surface area contributed by atoms with Gasteiger partial charge in [0, 0.05) is 25.4 Å². The number of hydrogen-bond donors (Lipinski definition) is 0. The molecular weight excluding hydrogens is 408 g/mol. The van der Waals surface area contributed by atoms with E-state index in [1.165, 1.54) is 103 Å². The second-order valence-electron chi connectivity index (χ2n) is 8.51. The van der Waals surface area contributed by atoms with E-state index in [1.807, 2.05) is 34.0 Å². The van der Waals surface area contributed by atoms with Crippen LogP contribution in [0.25, 0.3) is 19.8 Å². The van der Waals surface area contributed by atoms with E-state index >= 15 is 0 Å². The van der Waals surface area contributed by atoms with Gasteiger partial charge in [0.2, 0.25) is 0 Å². The van der Waals surface area contributed by atoms with Gasteiger partial charge < -0.3 is 0 Å². The van der Waals surface area contributed by atoms with Crippen LogP contribution in [0, 0.1) is 5.92 Å². The molecule has 1 unspecified atom stereocenters. The Kier molecular flexibility index (Phi) is 10.3. The van der Waals surface area contributed by atoms with Crippen LogP contribution in [-0.2, 0) is 6.42 Å². The normalized spacial score (nSPS) is 12.8. The van der Waals surface area contributed by atoms with Crippen molar-refractivity contribution in [3.8, 4) is 10.4 Å². The molecule has 0 spiro atoms. The van der Waals surface area contributed by atoms with E-state index in [0.29, 0.717) is 0 Å². The summed E-state index contributed by atoms with van der Waals surface area (Å²) in [6.45, 7) is 4.62. The quantitative estimate of drug-likeness (QED) is 0.204. The molecule has 0 aliphatic carbocycles. The molecule has 3 rings (SSSR count). The lowest BCUT2D eigenvalue weighted by Gasteiger charge is -2.16. The molecule has 160 valence electrons. The van der Waals surface area contributed by atoms with Gasteiger partial charge in [0.15, 0.2) is 0 Å². The van der Waals surface area contributed by atoms with Crippen LogP contribution in [0.4, 0.5) is 0 Å². The molecular formula is C26H38S3. The minimum absolute atomic E-state index is 0.883. The highest BCUT2D eigenvalue weighted by atomic mass is 32.1. The topological polar surface area (TPSA) is 0 Å². The molecule has 0 amide bonds. The fourth-order valence-corrected chi connectivity index (χ4v) is 7.68. The summed E-state index contributed by atoms with van der Waals surface area (Å²) in [5.41, 5.74) is 1.46. The Morgan fingerprint density at radius 3 is 2.21 bits per heavy atom. The molecule has 3 aromatic rings. The van der Waals surface area contributed by atoms with E-state index in [4.69, 9.17) is 0 Å². The van der Waals surface area contributed by atoms with Crippen molar-refractivity contribution >= 4 is 43.4 Å². The number of unbranched alkanes of at least 4 members (excludes halogenated alkanes) is 8. The van der Waals surface area contributed by atoms with E-state index in [-0.39, 0.29) is 0 Å². The molecule has 0 fully saturated rings. The molecule has 0 saturated carbocycles. The van der Waals surface area contributed by atoms with E-state index in [2.05, 4.69) is 42.8 Å². The third kappa shape index (κ3) is 7.22. The average Bonchev–Trinajstić information content (AvgIpc) is 3.44. The van der Waals surface area contributed by atoms with E-state index in [9.17, 15) is 0 Å². The fraction of sp³-hybridized carbons (Fsp3) is 0.615. The van der Waals surface area contributed by atoms with Gasteiger partial charge in [0.25, 0.3) is 0 Å². The van der Waals surface area contributed by atoms with Gasteiger partial charge in [-0.15, -0.1) is 34.0 Å². The predicted octanol–water partition coefficient (Wildman–Crippen LogP) is 10.6. The first-order valence-corrected chi connectivity index (χ1v) is 14.4. The van der Waals surface area contributed by atoms with Crippen LogP contribution < -0.4 is 0 Å². The average molecular weight is 447 g/mol. The second kappa shape index (κ2) is 12.9. The minimum Gasteiger partial charge on any atom is -0.142 e. The molecule has 3 aromatic heterocycles. The summed E-state index contributed by atoms with van der Waals surface area (Å²) >= 11 is 5.83. The summed E-state index contributed by atoms with van der Waals surface area (Å²) in [7, 11) is 0. The summed E-state index contributed by atoms with van der Waals surface area (Å²) in [6.07, 6.45) is 18.2. The maximum Gasteiger partial charge on any atom is 0.0537 e. The predicted molar refractivity (Wildman–Crippen MR) is 137 cm³/mol. The maximum absolute atomic E-state index is 2.41.